The topological polar surface area (TPSA) is 46.5 Å². The molecule has 1 N–H and O–H groups in total. The highest BCUT2D eigenvalue weighted by Gasteiger charge is 2.04. The highest BCUT2D eigenvalue weighted by Crippen LogP contribution is 1.85. The molecule has 42 valence electrons. The number of ketones is 1. The molecule has 3 heteroatoms. The molecule has 0 spiro atoms. The van der Waals surface area contributed by atoms with Gasteiger partial charge in [0, 0.05) is 0 Å². The van der Waals surface area contributed by atoms with Crippen LogP contribution in [-0.2, 0) is 9.68 Å². The molecule has 0 saturated carbocycles. The Bertz CT molecular complexity index is 69.3. The molecule has 0 heterocycles. The molecule has 0 aromatic heterocycles. The van der Waals surface area contributed by atoms with Crippen LogP contribution >= 0.6 is 0 Å². The first-order valence-corrected chi connectivity index (χ1v) is 1.99. The van der Waals surface area contributed by atoms with Crippen LogP contribution in [0.4, 0.5) is 0 Å². The van der Waals surface area contributed by atoms with Gasteiger partial charge in [0.1, 0.15) is 6.10 Å². The van der Waals surface area contributed by atoms with Crippen molar-refractivity contribution < 1.29 is 14.9 Å². The van der Waals surface area contributed by atoms with Gasteiger partial charge >= 0.3 is 0 Å². The van der Waals surface area contributed by atoms with Gasteiger partial charge in [-0.25, -0.2) is 4.89 Å². The van der Waals surface area contributed by atoms with E-state index in [1.165, 1.54) is 13.8 Å². The molecule has 0 aromatic rings. The van der Waals surface area contributed by atoms with Gasteiger partial charge in [-0.1, -0.05) is 0 Å². The summed E-state index contributed by atoms with van der Waals surface area (Å²) < 4.78 is 0. The summed E-state index contributed by atoms with van der Waals surface area (Å²) in [5, 5.41) is 7.78. The van der Waals surface area contributed by atoms with Crippen LogP contribution in [0.1, 0.15) is 13.8 Å². The molecule has 0 amide bonds. The monoisotopic (exact) mass is 104 g/mol. The normalized spacial score (nSPS) is 13.6. The molecule has 3 nitrogen and oxygen atoms in total. The van der Waals surface area contributed by atoms with Gasteiger partial charge in [-0.3, -0.25) is 10.1 Å². The number of hydrogen-bond donors (Lipinski definition) is 1. The molecule has 0 saturated heterocycles. The predicted octanol–water partition coefficient (Wildman–Crippen LogP) is 0.453. The zero-order valence-corrected chi connectivity index (χ0v) is 4.34. The third-order valence-corrected chi connectivity index (χ3v) is 0.731. The van der Waals surface area contributed by atoms with E-state index >= 15 is 0 Å². The Morgan fingerprint density at radius 1 is 1.86 bits per heavy atom. The van der Waals surface area contributed by atoms with Crippen molar-refractivity contribution in [2.45, 2.75) is 20.0 Å². The average molecular weight is 104 g/mol. The van der Waals surface area contributed by atoms with Gasteiger partial charge in [0.05, 0.1) is 0 Å². The molecule has 1 unspecified atom stereocenters. The number of hydrogen-bond acceptors (Lipinski definition) is 3. The minimum atomic E-state index is -0.681. The van der Waals surface area contributed by atoms with Crippen LogP contribution in [0.2, 0.25) is 0 Å². The van der Waals surface area contributed by atoms with Crippen LogP contribution < -0.4 is 0 Å². The van der Waals surface area contributed by atoms with E-state index in [1.807, 2.05) is 0 Å². The lowest BCUT2D eigenvalue weighted by Crippen LogP contribution is -2.14. The van der Waals surface area contributed by atoms with Crippen LogP contribution in [0.25, 0.3) is 0 Å². The Morgan fingerprint density at radius 2 is 2.29 bits per heavy atom. The van der Waals surface area contributed by atoms with E-state index in [1.54, 1.807) is 0 Å². The zero-order chi connectivity index (χ0) is 5.86. The SMILES string of the molecule is CC(=O)C(C)OO. The second kappa shape index (κ2) is 2.71. The third kappa shape index (κ3) is 2.31. The fourth-order valence-corrected chi connectivity index (χ4v) is 0.0742. The molecule has 0 aliphatic heterocycles. The van der Waals surface area contributed by atoms with Crippen molar-refractivity contribution in [1.29, 1.82) is 0 Å². The third-order valence-electron chi connectivity index (χ3n) is 0.731. The summed E-state index contributed by atoms with van der Waals surface area (Å²) in [4.78, 5) is 13.8. The van der Waals surface area contributed by atoms with Crippen molar-refractivity contribution in [2.75, 3.05) is 0 Å². The molecule has 0 bridgehead atoms. The Hall–Kier alpha value is -0.410. The van der Waals surface area contributed by atoms with E-state index in [-0.39, 0.29) is 5.78 Å². The Balaban J connectivity index is 3.34. The minimum absolute atomic E-state index is 0.178. The van der Waals surface area contributed by atoms with E-state index in [4.69, 9.17) is 5.26 Å². The number of carbonyl (C=O) groups is 1. The predicted molar refractivity (Wildman–Crippen MR) is 23.9 cm³/mol. The van der Waals surface area contributed by atoms with E-state index in [0.29, 0.717) is 0 Å². The second-order valence-corrected chi connectivity index (χ2v) is 1.36. The fraction of sp³-hybridized carbons (Fsp3) is 0.750. The molecular weight excluding hydrogens is 96.0 g/mol. The fourth-order valence-electron chi connectivity index (χ4n) is 0.0742. The van der Waals surface area contributed by atoms with Gasteiger partial charge in [0.25, 0.3) is 0 Å². The lowest BCUT2D eigenvalue weighted by molar-refractivity contribution is -0.266. The van der Waals surface area contributed by atoms with Crippen molar-refractivity contribution in [1.82, 2.24) is 0 Å². The number of rotatable bonds is 2. The summed E-state index contributed by atoms with van der Waals surface area (Å²) in [6.45, 7) is 2.82. The molecule has 0 aliphatic rings. The first-order valence-electron chi connectivity index (χ1n) is 1.99. The van der Waals surface area contributed by atoms with Gasteiger partial charge in [0.15, 0.2) is 5.78 Å². The highest BCUT2D eigenvalue weighted by atomic mass is 17.1. The van der Waals surface area contributed by atoms with Gasteiger partial charge < -0.3 is 0 Å². The summed E-state index contributed by atoms with van der Waals surface area (Å²) in [5.74, 6) is -0.178. The summed E-state index contributed by atoms with van der Waals surface area (Å²) >= 11 is 0. The lowest BCUT2D eigenvalue weighted by atomic mass is 10.3. The van der Waals surface area contributed by atoms with Crippen LogP contribution in [-0.4, -0.2) is 17.1 Å². The van der Waals surface area contributed by atoms with Crippen LogP contribution in [0.5, 0.6) is 0 Å². The van der Waals surface area contributed by atoms with Crippen LogP contribution in [0.3, 0.4) is 0 Å². The molecule has 7 heavy (non-hydrogen) atoms. The van der Waals surface area contributed by atoms with Crippen molar-refractivity contribution in [2.24, 2.45) is 0 Å². The summed E-state index contributed by atoms with van der Waals surface area (Å²) in [7, 11) is 0. The molecule has 0 fully saturated rings. The largest absolute Gasteiger partial charge is 0.297 e. The van der Waals surface area contributed by atoms with E-state index in [9.17, 15) is 4.79 Å². The lowest BCUT2D eigenvalue weighted by Gasteiger charge is -1.97. The summed E-state index contributed by atoms with van der Waals surface area (Å²) in [5.41, 5.74) is 0. The van der Waals surface area contributed by atoms with Crippen molar-refractivity contribution >= 4 is 5.78 Å². The van der Waals surface area contributed by atoms with Crippen molar-refractivity contribution in [3.8, 4) is 0 Å². The van der Waals surface area contributed by atoms with E-state index in [0.717, 1.165) is 0 Å². The molecule has 0 aromatic carbocycles. The first-order chi connectivity index (χ1) is 3.18. The molecule has 0 aliphatic carbocycles. The Kier molecular flexibility index (Phi) is 2.55. The maximum Gasteiger partial charge on any atom is 0.161 e. The average Bonchev–Trinajstić information content (AvgIpc) is 1.65. The van der Waals surface area contributed by atoms with Gasteiger partial charge in [0.2, 0.25) is 0 Å². The van der Waals surface area contributed by atoms with Crippen LogP contribution in [0.15, 0.2) is 0 Å². The van der Waals surface area contributed by atoms with Crippen LogP contribution in [0, 0.1) is 0 Å². The quantitative estimate of drug-likeness (QED) is 0.408. The van der Waals surface area contributed by atoms with Gasteiger partial charge in [-0.05, 0) is 13.8 Å². The van der Waals surface area contributed by atoms with E-state index in [2.05, 4.69) is 4.89 Å². The standard InChI is InChI=1S/C4H8O3/c1-3(5)4(2)7-6/h4,6H,1-2H3. The second-order valence-electron chi connectivity index (χ2n) is 1.36. The van der Waals surface area contributed by atoms with E-state index < -0.39 is 6.10 Å². The molecule has 0 rings (SSSR count). The zero-order valence-electron chi connectivity index (χ0n) is 4.34. The van der Waals surface area contributed by atoms with Gasteiger partial charge in [-0.2, -0.15) is 0 Å². The summed E-state index contributed by atoms with van der Waals surface area (Å²) in [6, 6.07) is 0. The van der Waals surface area contributed by atoms with Crippen molar-refractivity contribution in [3.63, 3.8) is 0 Å². The number of Topliss-reactive ketones (excluding diaryl/α,β-unsaturated/α-hetero) is 1. The molecule has 1 atom stereocenters. The summed E-state index contributed by atoms with van der Waals surface area (Å²) in [6.07, 6.45) is -0.681. The highest BCUT2D eigenvalue weighted by molar-refractivity contribution is 5.79. The first kappa shape index (κ1) is 6.59. The molecular formula is C4H8O3. The molecule has 0 radical (unpaired) electrons. The smallest absolute Gasteiger partial charge is 0.161 e. The van der Waals surface area contributed by atoms with Gasteiger partial charge in [-0.15, -0.1) is 0 Å². The van der Waals surface area contributed by atoms with Crippen molar-refractivity contribution in [3.05, 3.63) is 0 Å². The Labute approximate surface area is 41.8 Å². The Morgan fingerprint density at radius 3 is 2.29 bits per heavy atom. The number of carbonyl (C=O) groups excluding carboxylic acids is 1. The minimum Gasteiger partial charge on any atom is -0.297 e. The maximum absolute atomic E-state index is 10.1. The maximum atomic E-state index is 10.1.